The molecule has 0 aliphatic rings. The van der Waals surface area contributed by atoms with E-state index in [-0.39, 0.29) is 5.75 Å². The lowest BCUT2D eigenvalue weighted by atomic mass is 10.0. The molecule has 3 aromatic rings. The minimum Gasteiger partial charge on any atom is -0.508 e. The Labute approximate surface area is 149 Å². The molecule has 0 amide bonds. The summed E-state index contributed by atoms with van der Waals surface area (Å²) in [7, 11) is 2.09. The third kappa shape index (κ3) is 4.18. The van der Waals surface area contributed by atoms with Crippen LogP contribution in [0, 0.1) is 0 Å². The van der Waals surface area contributed by atoms with Gasteiger partial charge in [-0.05, 0) is 53.9 Å². The van der Waals surface area contributed by atoms with E-state index in [4.69, 9.17) is 4.98 Å². The third-order valence-corrected chi connectivity index (χ3v) is 4.32. The number of aromatic nitrogens is 1. The average Bonchev–Trinajstić information content (AvgIpc) is 2.67. The minimum atomic E-state index is 0.267. The number of hydrogen-bond acceptors (Lipinski definition) is 3. The van der Waals surface area contributed by atoms with Crippen LogP contribution in [-0.2, 0) is 0 Å². The normalized spacial score (nSPS) is 10.6. The van der Waals surface area contributed by atoms with Crippen LogP contribution in [0.4, 0.5) is 5.82 Å². The fourth-order valence-electron chi connectivity index (χ4n) is 2.80. The van der Waals surface area contributed by atoms with E-state index in [2.05, 4.69) is 55.3 Å². The van der Waals surface area contributed by atoms with Gasteiger partial charge in [0.25, 0.3) is 0 Å². The molecule has 0 saturated heterocycles. The number of hydrogen-bond donors (Lipinski definition) is 1. The van der Waals surface area contributed by atoms with Crippen molar-refractivity contribution in [3.63, 3.8) is 0 Å². The first-order chi connectivity index (χ1) is 12.2. The van der Waals surface area contributed by atoms with Gasteiger partial charge in [0, 0.05) is 19.2 Å². The number of anilines is 1. The van der Waals surface area contributed by atoms with Crippen molar-refractivity contribution >= 4 is 5.82 Å². The van der Waals surface area contributed by atoms with E-state index >= 15 is 0 Å². The van der Waals surface area contributed by atoms with E-state index in [1.54, 1.807) is 12.1 Å². The van der Waals surface area contributed by atoms with Crippen molar-refractivity contribution < 1.29 is 5.11 Å². The molecule has 0 fully saturated rings. The summed E-state index contributed by atoms with van der Waals surface area (Å²) in [4.78, 5) is 7.06. The Morgan fingerprint density at radius 2 is 1.60 bits per heavy atom. The van der Waals surface area contributed by atoms with Gasteiger partial charge in [-0.15, -0.1) is 0 Å². The summed E-state index contributed by atoms with van der Waals surface area (Å²) in [6, 6.07) is 21.8. The lowest BCUT2D eigenvalue weighted by Crippen LogP contribution is -2.19. The molecule has 25 heavy (non-hydrogen) atoms. The van der Waals surface area contributed by atoms with E-state index < -0.39 is 0 Å². The Kier molecular flexibility index (Phi) is 5.34. The molecule has 1 heterocycles. The molecule has 1 N–H and O–H groups in total. The Bertz CT molecular complexity index is 813. The number of benzene rings is 2. The molecule has 0 aliphatic heterocycles. The van der Waals surface area contributed by atoms with Crippen LogP contribution in [0.1, 0.15) is 19.8 Å². The van der Waals surface area contributed by atoms with Gasteiger partial charge in [-0.1, -0.05) is 43.7 Å². The second-order valence-electron chi connectivity index (χ2n) is 6.29. The first kappa shape index (κ1) is 17.0. The van der Waals surface area contributed by atoms with E-state index in [1.165, 1.54) is 5.56 Å². The molecule has 2 aromatic carbocycles. The summed E-state index contributed by atoms with van der Waals surface area (Å²) < 4.78 is 0. The lowest BCUT2D eigenvalue weighted by molar-refractivity contribution is 0.475. The molecule has 0 atom stereocenters. The van der Waals surface area contributed by atoms with Gasteiger partial charge in [-0.2, -0.15) is 0 Å². The number of phenols is 1. The summed E-state index contributed by atoms with van der Waals surface area (Å²) in [6.07, 6.45) is 2.30. The molecular formula is C22H24N2O. The fraction of sp³-hybridized carbons (Fsp3) is 0.227. The van der Waals surface area contributed by atoms with Crippen molar-refractivity contribution in [1.82, 2.24) is 4.98 Å². The van der Waals surface area contributed by atoms with Crippen LogP contribution >= 0.6 is 0 Å². The number of nitrogens with zero attached hydrogens (tertiary/aromatic N) is 2. The number of aromatic hydroxyl groups is 1. The van der Waals surface area contributed by atoms with Crippen molar-refractivity contribution in [3.05, 3.63) is 66.7 Å². The molecule has 0 saturated carbocycles. The second-order valence-corrected chi connectivity index (χ2v) is 6.29. The van der Waals surface area contributed by atoms with E-state index in [0.717, 1.165) is 42.0 Å². The van der Waals surface area contributed by atoms with Crippen LogP contribution in [0.5, 0.6) is 5.75 Å². The summed E-state index contributed by atoms with van der Waals surface area (Å²) in [5.41, 5.74) is 4.24. The summed E-state index contributed by atoms with van der Waals surface area (Å²) in [5.74, 6) is 1.24. The van der Waals surface area contributed by atoms with Gasteiger partial charge in [0.1, 0.15) is 11.6 Å². The molecule has 3 heteroatoms. The van der Waals surface area contributed by atoms with Crippen LogP contribution in [-0.4, -0.2) is 23.7 Å². The molecule has 0 bridgehead atoms. The maximum Gasteiger partial charge on any atom is 0.129 e. The van der Waals surface area contributed by atoms with Crippen LogP contribution in [0.15, 0.2) is 66.7 Å². The molecule has 0 unspecified atom stereocenters. The molecule has 3 rings (SSSR count). The van der Waals surface area contributed by atoms with Gasteiger partial charge in [-0.3, -0.25) is 0 Å². The van der Waals surface area contributed by atoms with Gasteiger partial charge < -0.3 is 10.0 Å². The molecular weight excluding hydrogens is 308 g/mol. The predicted octanol–water partition coefficient (Wildman–Crippen LogP) is 5.36. The van der Waals surface area contributed by atoms with Crippen LogP contribution in [0.3, 0.4) is 0 Å². The van der Waals surface area contributed by atoms with E-state index in [9.17, 15) is 5.11 Å². The predicted molar refractivity (Wildman–Crippen MR) is 105 cm³/mol. The van der Waals surface area contributed by atoms with Crippen molar-refractivity contribution in [2.24, 2.45) is 0 Å². The molecule has 1 aromatic heterocycles. The van der Waals surface area contributed by atoms with Gasteiger partial charge in [0.05, 0.1) is 5.69 Å². The van der Waals surface area contributed by atoms with Crippen molar-refractivity contribution in [2.75, 3.05) is 18.5 Å². The van der Waals surface area contributed by atoms with E-state index in [1.807, 2.05) is 18.2 Å². The fourth-order valence-corrected chi connectivity index (χ4v) is 2.80. The average molecular weight is 332 g/mol. The SMILES string of the molecule is CCCCN(C)c1cc(-c2ccccc2)cc(-c2ccc(O)cc2)n1. The van der Waals surface area contributed by atoms with Gasteiger partial charge in [0.15, 0.2) is 0 Å². The van der Waals surface area contributed by atoms with Crippen molar-refractivity contribution in [3.8, 4) is 28.1 Å². The first-order valence-electron chi connectivity index (χ1n) is 8.75. The lowest BCUT2D eigenvalue weighted by Gasteiger charge is -2.20. The highest BCUT2D eigenvalue weighted by Crippen LogP contribution is 2.29. The maximum atomic E-state index is 9.55. The largest absolute Gasteiger partial charge is 0.508 e. The smallest absolute Gasteiger partial charge is 0.129 e. The zero-order valence-electron chi connectivity index (χ0n) is 14.8. The monoisotopic (exact) mass is 332 g/mol. The maximum absolute atomic E-state index is 9.55. The Balaban J connectivity index is 2.06. The number of rotatable bonds is 6. The number of phenolic OH excluding ortho intramolecular Hbond substituents is 1. The van der Waals surface area contributed by atoms with Gasteiger partial charge >= 0.3 is 0 Å². The van der Waals surface area contributed by atoms with Gasteiger partial charge in [0.2, 0.25) is 0 Å². The molecule has 0 aliphatic carbocycles. The third-order valence-electron chi connectivity index (χ3n) is 4.32. The Morgan fingerprint density at radius 3 is 2.28 bits per heavy atom. The van der Waals surface area contributed by atoms with E-state index in [0.29, 0.717) is 0 Å². The minimum absolute atomic E-state index is 0.267. The standard InChI is InChI=1S/C22H24N2O/c1-3-4-14-24(2)22-16-19(17-8-6-5-7-9-17)15-21(23-22)18-10-12-20(25)13-11-18/h5-13,15-16,25H,3-4,14H2,1-2H3. The van der Waals surface area contributed by atoms with Crippen molar-refractivity contribution in [1.29, 1.82) is 0 Å². The molecule has 0 radical (unpaired) electrons. The second kappa shape index (κ2) is 7.84. The molecule has 0 spiro atoms. The molecule has 3 nitrogen and oxygen atoms in total. The van der Waals surface area contributed by atoms with Crippen LogP contribution < -0.4 is 4.90 Å². The Morgan fingerprint density at radius 1 is 0.880 bits per heavy atom. The number of unbranched alkanes of at least 4 members (excludes halogenated alkanes) is 1. The summed E-state index contributed by atoms with van der Waals surface area (Å²) in [6.45, 7) is 3.18. The Hall–Kier alpha value is -2.81. The quantitative estimate of drug-likeness (QED) is 0.660. The highest BCUT2D eigenvalue weighted by Gasteiger charge is 2.10. The van der Waals surface area contributed by atoms with Crippen LogP contribution in [0.25, 0.3) is 22.4 Å². The van der Waals surface area contributed by atoms with Crippen molar-refractivity contribution in [2.45, 2.75) is 19.8 Å². The highest BCUT2D eigenvalue weighted by atomic mass is 16.3. The zero-order chi connectivity index (χ0) is 17.6. The van der Waals surface area contributed by atoms with Crippen LogP contribution in [0.2, 0.25) is 0 Å². The molecule has 128 valence electrons. The highest BCUT2D eigenvalue weighted by molar-refractivity contribution is 5.74. The first-order valence-corrected chi connectivity index (χ1v) is 8.75. The summed E-state index contributed by atoms with van der Waals surface area (Å²) in [5, 5.41) is 9.55. The summed E-state index contributed by atoms with van der Waals surface area (Å²) >= 11 is 0. The zero-order valence-corrected chi connectivity index (χ0v) is 14.8. The van der Waals surface area contributed by atoms with Gasteiger partial charge in [-0.25, -0.2) is 4.98 Å². The topological polar surface area (TPSA) is 36.4 Å². The number of pyridine rings is 1.